The standard InChI is InChI=1S/C28H36O2/c1-20(2)26(18-28(4,5)6)24-16-17-27(25-15-11-10-14-23(24)25)30-21(3)29-19-22-12-8-7-9-13-22/h7-17,20-21,26H,18-19H2,1-6H3. The van der Waals surface area contributed by atoms with E-state index in [2.05, 4.69) is 83.1 Å². The van der Waals surface area contributed by atoms with Gasteiger partial charge in [0.2, 0.25) is 0 Å². The Morgan fingerprint density at radius 3 is 2.03 bits per heavy atom. The fourth-order valence-corrected chi connectivity index (χ4v) is 4.09. The van der Waals surface area contributed by atoms with Crippen molar-refractivity contribution in [1.29, 1.82) is 0 Å². The average Bonchev–Trinajstić information content (AvgIpc) is 2.71. The van der Waals surface area contributed by atoms with Crippen LogP contribution in [0.4, 0.5) is 0 Å². The van der Waals surface area contributed by atoms with Crippen molar-refractivity contribution in [2.75, 3.05) is 0 Å². The van der Waals surface area contributed by atoms with Gasteiger partial charge in [-0.1, -0.05) is 95.3 Å². The minimum atomic E-state index is -0.324. The summed E-state index contributed by atoms with van der Waals surface area (Å²) in [5, 5.41) is 2.44. The molecule has 3 rings (SSSR count). The van der Waals surface area contributed by atoms with Crippen LogP contribution in [0.15, 0.2) is 66.7 Å². The van der Waals surface area contributed by atoms with E-state index in [9.17, 15) is 0 Å². The van der Waals surface area contributed by atoms with Crippen molar-refractivity contribution in [2.45, 2.75) is 66.8 Å². The van der Waals surface area contributed by atoms with E-state index in [1.807, 2.05) is 25.1 Å². The number of fused-ring (bicyclic) bond motifs is 1. The molecule has 0 saturated heterocycles. The maximum absolute atomic E-state index is 6.22. The Morgan fingerprint density at radius 1 is 0.767 bits per heavy atom. The van der Waals surface area contributed by atoms with Crippen LogP contribution in [0.1, 0.15) is 65.0 Å². The zero-order chi connectivity index (χ0) is 21.7. The van der Waals surface area contributed by atoms with Crippen LogP contribution in [0, 0.1) is 11.3 Å². The number of hydrogen-bond donors (Lipinski definition) is 0. The van der Waals surface area contributed by atoms with Gasteiger partial charge in [-0.05, 0) is 53.2 Å². The van der Waals surface area contributed by atoms with E-state index < -0.39 is 0 Å². The van der Waals surface area contributed by atoms with Crippen LogP contribution in [0.2, 0.25) is 0 Å². The van der Waals surface area contributed by atoms with E-state index in [1.54, 1.807) is 0 Å². The first kappa shape index (κ1) is 22.4. The first-order chi connectivity index (χ1) is 14.2. The summed E-state index contributed by atoms with van der Waals surface area (Å²) in [6, 6.07) is 23.2. The predicted octanol–water partition coefficient (Wildman–Crippen LogP) is 7.96. The van der Waals surface area contributed by atoms with E-state index in [-0.39, 0.29) is 11.7 Å². The van der Waals surface area contributed by atoms with Crippen molar-refractivity contribution < 1.29 is 9.47 Å². The zero-order valence-corrected chi connectivity index (χ0v) is 19.3. The van der Waals surface area contributed by atoms with E-state index in [0.29, 0.717) is 18.4 Å². The molecule has 0 aliphatic heterocycles. The summed E-state index contributed by atoms with van der Waals surface area (Å²) in [5.41, 5.74) is 2.85. The SMILES string of the molecule is CC(OCc1ccccc1)Oc1ccc(C(CC(C)(C)C)C(C)C)c2ccccc12. The third-order valence-electron chi connectivity index (χ3n) is 5.57. The highest BCUT2D eigenvalue weighted by Gasteiger charge is 2.25. The lowest BCUT2D eigenvalue weighted by Crippen LogP contribution is -2.18. The number of ether oxygens (including phenoxy) is 2. The first-order valence-electron chi connectivity index (χ1n) is 11.1. The molecule has 0 radical (unpaired) electrons. The number of hydrogen-bond acceptors (Lipinski definition) is 2. The fraction of sp³-hybridized carbons (Fsp3) is 0.429. The Morgan fingerprint density at radius 2 is 1.40 bits per heavy atom. The van der Waals surface area contributed by atoms with Gasteiger partial charge in [0.05, 0.1) is 6.61 Å². The minimum absolute atomic E-state index is 0.283. The van der Waals surface area contributed by atoms with Gasteiger partial charge >= 0.3 is 0 Å². The van der Waals surface area contributed by atoms with Gasteiger partial charge in [-0.15, -0.1) is 0 Å². The van der Waals surface area contributed by atoms with Crippen LogP contribution in [-0.2, 0) is 11.3 Å². The molecule has 2 atom stereocenters. The van der Waals surface area contributed by atoms with Crippen molar-refractivity contribution in [1.82, 2.24) is 0 Å². The topological polar surface area (TPSA) is 18.5 Å². The highest BCUT2D eigenvalue weighted by molar-refractivity contribution is 5.91. The lowest BCUT2D eigenvalue weighted by Gasteiger charge is -2.30. The maximum Gasteiger partial charge on any atom is 0.197 e. The van der Waals surface area contributed by atoms with Gasteiger partial charge in [0, 0.05) is 5.39 Å². The summed E-state index contributed by atoms with van der Waals surface area (Å²) in [6.07, 6.45) is 0.834. The van der Waals surface area contributed by atoms with Gasteiger partial charge < -0.3 is 9.47 Å². The van der Waals surface area contributed by atoms with Crippen LogP contribution >= 0.6 is 0 Å². The Kier molecular flexibility index (Phi) is 7.20. The second kappa shape index (κ2) is 9.66. The second-order valence-electron chi connectivity index (χ2n) is 9.80. The van der Waals surface area contributed by atoms with Crippen LogP contribution in [0.25, 0.3) is 10.8 Å². The van der Waals surface area contributed by atoms with E-state index >= 15 is 0 Å². The van der Waals surface area contributed by atoms with Gasteiger partial charge in [-0.25, -0.2) is 0 Å². The fourth-order valence-electron chi connectivity index (χ4n) is 4.09. The molecular weight excluding hydrogens is 368 g/mol. The zero-order valence-electron chi connectivity index (χ0n) is 19.3. The summed E-state index contributed by atoms with van der Waals surface area (Å²) < 4.78 is 12.2. The Bertz CT molecular complexity index is 938. The predicted molar refractivity (Wildman–Crippen MR) is 127 cm³/mol. The molecule has 0 heterocycles. The summed E-state index contributed by atoms with van der Waals surface area (Å²) in [5.74, 6) is 1.97. The van der Waals surface area contributed by atoms with Crippen LogP contribution in [0.3, 0.4) is 0 Å². The lowest BCUT2D eigenvalue weighted by atomic mass is 9.75. The molecule has 3 aromatic rings. The molecule has 3 aromatic carbocycles. The Hall–Kier alpha value is -2.32. The molecular formula is C28H36O2. The lowest BCUT2D eigenvalue weighted by molar-refractivity contribution is -0.0751. The molecule has 0 bridgehead atoms. The van der Waals surface area contributed by atoms with Gasteiger partial charge in [-0.2, -0.15) is 0 Å². The molecule has 0 N–H and O–H groups in total. The molecule has 2 unspecified atom stereocenters. The Balaban J connectivity index is 1.84. The third kappa shape index (κ3) is 5.86. The number of rotatable bonds is 8. The molecule has 0 spiro atoms. The molecule has 0 saturated carbocycles. The largest absolute Gasteiger partial charge is 0.465 e. The summed E-state index contributed by atoms with van der Waals surface area (Å²) in [6.45, 7) is 14.1. The smallest absolute Gasteiger partial charge is 0.197 e. The minimum Gasteiger partial charge on any atom is -0.465 e. The monoisotopic (exact) mass is 404 g/mol. The molecule has 2 nitrogen and oxygen atoms in total. The van der Waals surface area contributed by atoms with Crippen LogP contribution in [-0.4, -0.2) is 6.29 Å². The molecule has 2 heteroatoms. The van der Waals surface area contributed by atoms with E-state index in [1.165, 1.54) is 10.9 Å². The van der Waals surface area contributed by atoms with Gasteiger partial charge in [0.1, 0.15) is 5.75 Å². The van der Waals surface area contributed by atoms with Crippen molar-refractivity contribution in [2.24, 2.45) is 11.3 Å². The van der Waals surface area contributed by atoms with Crippen molar-refractivity contribution in [3.63, 3.8) is 0 Å². The highest BCUT2D eigenvalue weighted by atomic mass is 16.7. The van der Waals surface area contributed by atoms with Crippen LogP contribution in [0.5, 0.6) is 5.75 Å². The normalized spacial score (nSPS) is 14.1. The van der Waals surface area contributed by atoms with Gasteiger partial charge in [0.25, 0.3) is 0 Å². The molecule has 0 aliphatic carbocycles. The average molecular weight is 405 g/mol. The van der Waals surface area contributed by atoms with E-state index in [4.69, 9.17) is 9.47 Å². The van der Waals surface area contributed by atoms with Crippen molar-refractivity contribution in [3.05, 3.63) is 77.9 Å². The summed E-state index contributed by atoms with van der Waals surface area (Å²) in [7, 11) is 0. The maximum atomic E-state index is 6.22. The van der Waals surface area contributed by atoms with Crippen LogP contribution < -0.4 is 4.74 Å². The number of benzene rings is 3. The Labute approximate surface area is 182 Å². The van der Waals surface area contributed by atoms with Crippen molar-refractivity contribution >= 4 is 10.8 Å². The van der Waals surface area contributed by atoms with Gasteiger partial charge in [-0.3, -0.25) is 0 Å². The van der Waals surface area contributed by atoms with Gasteiger partial charge in [0.15, 0.2) is 6.29 Å². The molecule has 0 aromatic heterocycles. The quantitative estimate of drug-likeness (QED) is 0.355. The third-order valence-corrected chi connectivity index (χ3v) is 5.57. The molecule has 160 valence electrons. The highest BCUT2D eigenvalue weighted by Crippen LogP contribution is 2.41. The molecule has 0 amide bonds. The molecule has 0 aliphatic rings. The second-order valence-corrected chi connectivity index (χ2v) is 9.80. The molecule has 0 fully saturated rings. The first-order valence-corrected chi connectivity index (χ1v) is 11.1. The molecule has 30 heavy (non-hydrogen) atoms. The summed E-state index contributed by atoms with van der Waals surface area (Å²) >= 11 is 0. The summed E-state index contributed by atoms with van der Waals surface area (Å²) in [4.78, 5) is 0. The van der Waals surface area contributed by atoms with Crippen molar-refractivity contribution in [3.8, 4) is 5.75 Å². The van der Waals surface area contributed by atoms with E-state index in [0.717, 1.165) is 23.1 Å².